The zero-order valence-corrected chi connectivity index (χ0v) is 9.77. The molecule has 1 aromatic rings. The lowest BCUT2D eigenvalue weighted by Gasteiger charge is -2.02. The van der Waals surface area contributed by atoms with Gasteiger partial charge in [-0.25, -0.2) is 4.79 Å². The number of anilines is 1. The number of hydrogen-bond acceptors (Lipinski definition) is 5. The topological polar surface area (TPSA) is 94.3 Å². The molecule has 1 aromatic carbocycles. The summed E-state index contributed by atoms with van der Waals surface area (Å²) in [5.74, 6) is -1.34. The van der Waals surface area contributed by atoms with Crippen LogP contribution in [-0.2, 0) is 4.79 Å². The van der Waals surface area contributed by atoms with Crippen LogP contribution in [-0.4, -0.2) is 28.2 Å². The molecule has 0 saturated carbocycles. The quantitative estimate of drug-likeness (QED) is 0.446. The monoisotopic (exact) mass is 275 g/mol. The molecule has 8 heteroatoms. The highest BCUT2D eigenvalue weighted by Gasteiger charge is 2.06. The van der Waals surface area contributed by atoms with Crippen molar-refractivity contribution in [1.82, 2.24) is 0 Å². The van der Waals surface area contributed by atoms with Crippen LogP contribution >= 0.6 is 23.2 Å². The summed E-state index contributed by atoms with van der Waals surface area (Å²) in [5, 5.41) is 23.6. The van der Waals surface area contributed by atoms with E-state index >= 15 is 0 Å². The number of hydrazone groups is 1. The number of hydrogen-bond donors (Lipinski definition) is 3. The Morgan fingerprint density at radius 1 is 1.35 bits per heavy atom. The molecule has 0 amide bonds. The summed E-state index contributed by atoms with van der Waals surface area (Å²) in [6.07, 6.45) is 0.687. The molecule has 6 nitrogen and oxygen atoms in total. The lowest BCUT2D eigenvalue weighted by molar-refractivity contribution is -0.129. The highest BCUT2D eigenvalue weighted by molar-refractivity contribution is 6.58. The normalized spacial score (nSPS) is 11.8. The molecule has 0 aliphatic heterocycles. The van der Waals surface area contributed by atoms with Crippen LogP contribution in [0.4, 0.5) is 5.69 Å². The van der Waals surface area contributed by atoms with E-state index in [1.165, 1.54) is 12.1 Å². The van der Waals surface area contributed by atoms with E-state index in [4.69, 9.17) is 33.5 Å². The van der Waals surface area contributed by atoms with Crippen molar-refractivity contribution in [3.8, 4) is 0 Å². The molecule has 0 aliphatic rings. The van der Waals surface area contributed by atoms with Crippen LogP contribution in [0, 0.1) is 0 Å². The predicted molar refractivity (Wildman–Crippen MR) is 65.4 cm³/mol. The van der Waals surface area contributed by atoms with Gasteiger partial charge in [0, 0.05) is 0 Å². The van der Waals surface area contributed by atoms with Gasteiger partial charge in [-0.1, -0.05) is 28.4 Å². The van der Waals surface area contributed by atoms with Crippen molar-refractivity contribution >= 4 is 46.8 Å². The maximum absolute atomic E-state index is 10.6. The number of carboxylic acid groups (broad SMARTS) is 1. The second-order valence-electron chi connectivity index (χ2n) is 2.79. The fourth-order valence-electron chi connectivity index (χ4n) is 0.877. The van der Waals surface area contributed by atoms with Crippen molar-refractivity contribution in [1.29, 1.82) is 0 Å². The Hall–Kier alpha value is -1.79. The first-order valence-electron chi connectivity index (χ1n) is 4.24. The second-order valence-corrected chi connectivity index (χ2v) is 3.60. The number of rotatable bonds is 4. The van der Waals surface area contributed by atoms with Crippen molar-refractivity contribution in [3.63, 3.8) is 0 Å². The van der Waals surface area contributed by atoms with E-state index in [0.29, 0.717) is 21.9 Å². The van der Waals surface area contributed by atoms with E-state index < -0.39 is 11.7 Å². The van der Waals surface area contributed by atoms with Crippen LogP contribution in [0.15, 0.2) is 28.5 Å². The molecule has 0 aliphatic carbocycles. The first-order valence-corrected chi connectivity index (χ1v) is 4.99. The molecule has 0 atom stereocenters. The highest BCUT2D eigenvalue weighted by atomic mass is 35.5. The molecule has 3 N–H and O–H groups in total. The Labute approximate surface area is 106 Å². The first-order chi connectivity index (χ1) is 8.04. The van der Waals surface area contributed by atoms with E-state index in [1.54, 1.807) is 6.07 Å². The van der Waals surface area contributed by atoms with Gasteiger partial charge in [-0.15, -0.1) is 0 Å². The third-order valence-corrected chi connectivity index (χ3v) is 2.36. The molecule has 0 aromatic heterocycles. The molecule has 0 unspecified atom stereocenters. The minimum absolute atomic E-state index is 0.305. The van der Waals surface area contributed by atoms with E-state index in [0.717, 1.165) is 0 Å². The van der Waals surface area contributed by atoms with E-state index in [2.05, 4.69) is 15.7 Å². The summed E-state index contributed by atoms with van der Waals surface area (Å²) >= 11 is 11.4. The van der Waals surface area contributed by atoms with Crippen LogP contribution in [0.1, 0.15) is 0 Å². The average molecular weight is 276 g/mol. The summed E-state index contributed by atoms with van der Waals surface area (Å²) in [7, 11) is 0. The van der Waals surface area contributed by atoms with Crippen LogP contribution in [0.3, 0.4) is 0 Å². The summed E-state index contributed by atoms with van der Waals surface area (Å²) in [6, 6.07) is 4.57. The minimum Gasteiger partial charge on any atom is -0.476 e. The van der Waals surface area contributed by atoms with E-state index in [1.807, 2.05) is 0 Å². The molecule has 0 fully saturated rings. The molecule has 0 saturated heterocycles. The number of halogens is 2. The van der Waals surface area contributed by atoms with Gasteiger partial charge in [0.1, 0.15) is 6.21 Å². The average Bonchev–Trinajstić information content (AvgIpc) is 2.28. The van der Waals surface area contributed by atoms with Gasteiger partial charge in [0.25, 0.3) is 0 Å². The van der Waals surface area contributed by atoms with Crippen molar-refractivity contribution in [2.24, 2.45) is 10.3 Å². The smallest absolute Gasteiger partial charge is 0.358 e. The molecule has 0 bridgehead atoms. The summed E-state index contributed by atoms with van der Waals surface area (Å²) in [5.41, 5.74) is 2.43. The molecule has 0 heterocycles. The lowest BCUT2D eigenvalue weighted by Crippen LogP contribution is -2.16. The second kappa shape index (κ2) is 6.07. The van der Waals surface area contributed by atoms with Crippen LogP contribution in [0.2, 0.25) is 10.0 Å². The zero-order valence-electron chi connectivity index (χ0n) is 8.26. The van der Waals surface area contributed by atoms with Crippen LogP contribution in [0.5, 0.6) is 0 Å². The summed E-state index contributed by atoms with van der Waals surface area (Å²) < 4.78 is 0. The Kier molecular flexibility index (Phi) is 4.74. The standard InChI is InChI=1S/C9H7Cl2N3O3/c10-6-2-1-5(3-7(6)11)13-14-8(4-12-17)9(15)16/h1-4,13,17H,(H,15,16)/b12-4+,14-8+. The SMILES string of the molecule is O=C(O)C(/C=N/O)=N/Nc1ccc(Cl)c(Cl)c1. The van der Waals surface area contributed by atoms with Crippen molar-refractivity contribution < 1.29 is 15.1 Å². The Balaban J connectivity index is 2.87. The van der Waals surface area contributed by atoms with Crippen molar-refractivity contribution in [2.75, 3.05) is 5.43 Å². The third kappa shape index (κ3) is 3.93. The van der Waals surface area contributed by atoms with Crippen LogP contribution < -0.4 is 5.43 Å². The number of nitrogens with one attached hydrogen (secondary N) is 1. The van der Waals surface area contributed by atoms with Gasteiger partial charge >= 0.3 is 5.97 Å². The molecule has 0 radical (unpaired) electrons. The third-order valence-electron chi connectivity index (χ3n) is 1.62. The Morgan fingerprint density at radius 2 is 2.06 bits per heavy atom. The Bertz CT molecular complexity index is 488. The highest BCUT2D eigenvalue weighted by Crippen LogP contribution is 2.24. The summed E-state index contributed by atoms with van der Waals surface area (Å²) in [4.78, 5) is 10.6. The van der Waals surface area contributed by atoms with Gasteiger partial charge in [-0.05, 0) is 18.2 Å². The van der Waals surface area contributed by atoms with Gasteiger partial charge in [-0.2, -0.15) is 5.10 Å². The number of nitrogens with zero attached hydrogens (tertiary/aromatic N) is 2. The molecule has 0 spiro atoms. The number of carbonyl (C=O) groups is 1. The molecule has 17 heavy (non-hydrogen) atoms. The number of benzene rings is 1. The number of oxime groups is 1. The number of aliphatic carboxylic acids is 1. The van der Waals surface area contributed by atoms with E-state index in [9.17, 15) is 4.79 Å². The zero-order chi connectivity index (χ0) is 12.8. The molecule has 90 valence electrons. The van der Waals surface area contributed by atoms with Crippen LogP contribution in [0.25, 0.3) is 0 Å². The minimum atomic E-state index is -1.34. The fraction of sp³-hybridized carbons (Fsp3) is 0. The predicted octanol–water partition coefficient (Wildman–Crippen LogP) is 2.31. The number of carboxylic acids is 1. The fourth-order valence-corrected chi connectivity index (χ4v) is 1.18. The van der Waals surface area contributed by atoms with E-state index in [-0.39, 0.29) is 0 Å². The lowest BCUT2D eigenvalue weighted by atomic mass is 10.3. The van der Waals surface area contributed by atoms with Gasteiger partial charge in [0.05, 0.1) is 15.7 Å². The van der Waals surface area contributed by atoms with Gasteiger partial charge in [0.15, 0.2) is 5.71 Å². The first kappa shape index (κ1) is 13.3. The largest absolute Gasteiger partial charge is 0.476 e. The maximum atomic E-state index is 10.6. The van der Waals surface area contributed by atoms with Gasteiger partial charge < -0.3 is 10.3 Å². The Morgan fingerprint density at radius 3 is 2.59 bits per heavy atom. The van der Waals surface area contributed by atoms with Crippen molar-refractivity contribution in [2.45, 2.75) is 0 Å². The molecule has 1 rings (SSSR count). The molecular weight excluding hydrogens is 269 g/mol. The maximum Gasteiger partial charge on any atom is 0.358 e. The van der Waals surface area contributed by atoms with Gasteiger partial charge in [-0.3, -0.25) is 5.43 Å². The van der Waals surface area contributed by atoms with Gasteiger partial charge in [0.2, 0.25) is 0 Å². The molecular formula is C9H7Cl2N3O3. The van der Waals surface area contributed by atoms with Crippen molar-refractivity contribution in [3.05, 3.63) is 28.2 Å². The summed E-state index contributed by atoms with van der Waals surface area (Å²) in [6.45, 7) is 0.